The Bertz CT molecular complexity index is 254. The van der Waals surface area contributed by atoms with Gasteiger partial charge in [0.05, 0.1) is 6.42 Å². The molecule has 2 saturated carbocycles. The predicted octanol–water partition coefficient (Wildman–Crippen LogP) is 2.10. The molecule has 2 aliphatic rings. The van der Waals surface area contributed by atoms with Crippen molar-refractivity contribution in [2.75, 3.05) is 6.54 Å². The fraction of sp³-hybridized carbons (Fsp3) is 0.900. The molecule has 2 aliphatic carbocycles. The molecule has 0 spiro atoms. The SMILES string of the molecule is O=C(NCCC(F)(F)F)C1CC2CC2C1. The molecule has 0 radical (unpaired) electrons. The zero-order valence-corrected chi connectivity index (χ0v) is 8.31. The van der Waals surface area contributed by atoms with Crippen LogP contribution in [0.1, 0.15) is 25.7 Å². The van der Waals surface area contributed by atoms with Gasteiger partial charge in [-0.25, -0.2) is 0 Å². The second kappa shape index (κ2) is 3.68. The first-order valence-electron chi connectivity index (χ1n) is 5.30. The minimum Gasteiger partial charge on any atom is -0.356 e. The molecule has 1 amide bonds. The van der Waals surface area contributed by atoms with Crippen molar-refractivity contribution < 1.29 is 18.0 Å². The average Bonchev–Trinajstić information content (AvgIpc) is 2.71. The summed E-state index contributed by atoms with van der Waals surface area (Å²) in [6, 6.07) is 0. The standard InChI is InChI=1S/C10H14F3NO/c11-10(12,13)1-2-14-9(15)8-4-6-3-7(6)5-8/h6-8H,1-5H2,(H,14,15). The first-order chi connectivity index (χ1) is 6.96. The van der Waals surface area contributed by atoms with E-state index in [1.54, 1.807) is 0 Å². The van der Waals surface area contributed by atoms with E-state index in [9.17, 15) is 18.0 Å². The summed E-state index contributed by atoms with van der Waals surface area (Å²) in [5, 5.41) is 2.36. The number of carbonyl (C=O) groups is 1. The molecule has 0 bridgehead atoms. The van der Waals surface area contributed by atoms with Crippen LogP contribution >= 0.6 is 0 Å². The number of rotatable bonds is 3. The Morgan fingerprint density at radius 2 is 1.80 bits per heavy atom. The second-order valence-corrected chi connectivity index (χ2v) is 4.58. The van der Waals surface area contributed by atoms with Gasteiger partial charge in [0, 0.05) is 12.5 Å². The van der Waals surface area contributed by atoms with E-state index in [2.05, 4.69) is 5.32 Å². The highest BCUT2D eigenvalue weighted by Crippen LogP contribution is 2.54. The van der Waals surface area contributed by atoms with Crippen molar-refractivity contribution in [2.45, 2.75) is 31.9 Å². The van der Waals surface area contributed by atoms with Crippen LogP contribution in [-0.2, 0) is 4.79 Å². The summed E-state index contributed by atoms with van der Waals surface area (Å²) in [5.74, 6) is 1.15. The summed E-state index contributed by atoms with van der Waals surface area (Å²) in [6.07, 6.45) is -2.14. The van der Waals surface area contributed by atoms with E-state index in [0.29, 0.717) is 11.8 Å². The van der Waals surface area contributed by atoms with Crippen molar-refractivity contribution in [1.29, 1.82) is 0 Å². The molecule has 2 atom stereocenters. The van der Waals surface area contributed by atoms with Crippen LogP contribution in [0.15, 0.2) is 0 Å². The lowest BCUT2D eigenvalue weighted by atomic mass is 10.0. The van der Waals surface area contributed by atoms with E-state index in [1.807, 2.05) is 0 Å². The Hall–Kier alpha value is -0.740. The first-order valence-corrected chi connectivity index (χ1v) is 5.30. The second-order valence-electron chi connectivity index (χ2n) is 4.58. The molecule has 0 heterocycles. The molecule has 0 aliphatic heterocycles. The lowest BCUT2D eigenvalue weighted by Crippen LogP contribution is -2.32. The van der Waals surface area contributed by atoms with Gasteiger partial charge >= 0.3 is 6.18 Å². The molecular formula is C10H14F3NO. The lowest BCUT2D eigenvalue weighted by molar-refractivity contribution is -0.136. The topological polar surface area (TPSA) is 29.1 Å². The molecule has 2 unspecified atom stereocenters. The van der Waals surface area contributed by atoms with Crippen molar-refractivity contribution in [1.82, 2.24) is 5.32 Å². The molecule has 0 aromatic heterocycles. The minimum atomic E-state index is -4.18. The van der Waals surface area contributed by atoms with E-state index in [0.717, 1.165) is 12.8 Å². The average molecular weight is 221 g/mol. The van der Waals surface area contributed by atoms with Gasteiger partial charge in [-0.3, -0.25) is 4.79 Å². The number of nitrogens with one attached hydrogen (secondary N) is 1. The van der Waals surface area contributed by atoms with Crippen LogP contribution in [-0.4, -0.2) is 18.6 Å². The Morgan fingerprint density at radius 1 is 1.20 bits per heavy atom. The van der Waals surface area contributed by atoms with E-state index >= 15 is 0 Å². The smallest absolute Gasteiger partial charge is 0.356 e. The van der Waals surface area contributed by atoms with Gasteiger partial charge in [0.15, 0.2) is 0 Å². The summed E-state index contributed by atoms with van der Waals surface area (Å²) >= 11 is 0. The quantitative estimate of drug-likeness (QED) is 0.776. The molecule has 5 heteroatoms. The molecule has 2 rings (SSSR count). The van der Waals surface area contributed by atoms with Crippen molar-refractivity contribution in [3.05, 3.63) is 0 Å². The molecule has 2 nitrogen and oxygen atoms in total. The van der Waals surface area contributed by atoms with Gasteiger partial charge in [0.1, 0.15) is 0 Å². The zero-order chi connectivity index (χ0) is 11.1. The number of carbonyl (C=O) groups excluding carboxylic acids is 1. The van der Waals surface area contributed by atoms with Gasteiger partial charge in [0.25, 0.3) is 0 Å². The van der Waals surface area contributed by atoms with Gasteiger partial charge in [-0.1, -0.05) is 0 Å². The number of halogens is 3. The van der Waals surface area contributed by atoms with Crippen LogP contribution in [0.25, 0.3) is 0 Å². The molecule has 86 valence electrons. The van der Waals surface area contributed by atoms with Gasteiger partial charge in [-0.15, -0.1) is 0 Å². The number of hydrogen-bond acceptors (Lipinski definition) is 1. The fourth-order valence-corrected chi connectivity index (χ4v) is 2.40. The van der Waals surface area contributed by atoms with E-state index in [1.165, 1.54) is 6.42 Å². The third-order valence-corrected chi connectivity index (χ3v) is 3.32. The third-order valence-electron chi connectivity index (χ3n) is 3.32. The maximum absolute atomic E-state index is 11.8. The normalized spacial score (nSPS) is 33.7. The van der Waals surface area contributed by atoms with Crippen molar-refractivity contribution in [3.63, 3.8) is 0 Å². The van der Waals surface area contributed by atoms with Crippen molar-refractivity contribution in [2.24, 2.45) is 17.8 Å². The molecule has 1 N–H and O–H groups in total. The summed E-state index contributed by atoms with van der Waals surface area (Å²) in [7, 11) is 0. The molecule has 0 aromatic rings. The van der Waals surface area contributed by atoms with Gasteiger partial charge in [0.2, 0.25) is 5.91 Å². The molecule has 0 aromatic carbocycles. The highest BCUT2D eigenvalue weighted by molar-refractivity contribution is 5.79. The zero-order valence-electron chi connectivity index (χ0n) is 8.31. The maximum Gasteiger partial charge on any atom is 0.390 e. The summed E-state index contributed by atoms with van der Waals surface area (Å²) < 4.78 is 35.4. The number of hydrogen-bond donors (Lipinski definition) is 1. The molecular weight excluding hydrogens is 207 g/mol. The van der Waals surface area contributed by atoms with E-state index < -0.39 is 12.6 Å². The predicted molar refractivity (Wildman–Crippen MR) is 48.0 cm³/mol. The first kappa shape index (κ1) is 10.8. The highest BCUT2D eigenvalue weighted by Gasteiger charge is 2.47. The third kappa shape index (κ3) is 2.86. The van der Waals surface area contributed by atoms with Crippen LogP contribution in [0.2, 0.25) is 0 Å². The van der Waals surface area contributed by atoms with Crippen LogP contribution in [0.4, 0.5) is 13.2 Å². The summed E-state index contributed by atoms with van der Waals surface area (Å²) in [6.45, 7) is -0.284. The Labute approximate surface area is 86.2 Å². The number of alkyl halides is 3. The van der Waals surface area contributed by atoms with Crippen molar-refractivity contribution in [3.8, 4) is 0 Å². The molecule has 0 saturated heterocycles. The van der Waals surface area contributed by atoms with E-state index in [-0.39, 0.29) is 18.4 Å². The van der Waals surface area contributed by atoms with E-state index in [4.69, 9.17) is 0 Å². The minimum absolute atomic E-state index is 0.0259. The van der Waals surface area contributed by atoms with Crippen LogP contribution < -0.4 is 5.32 Å². The summed E-state index contributed by atoms with van der Waals surface area (Å²) in [5.41, 5.74) is 0. The van der Waals surface area contributed by atoms with Gasteiger partial charge in [-0.05, 0) is 31.1 Å². The summed E-state index contributed by atoms with van der Waals surface area (Å²) in [4.78, 5) is 11.4. The van der Waals surface area contributed by atoms with Crippen molar-refractivity contribution >= 4 is 5.91 Å². The monoisotopic (exact) mass is 221 g/mol. The van der Waals surface area contributed by atoms with Crippen LogP contribution in [0, 0.1) is 17.8 Å². The lowest BCUT2D eigenvalue weighted by Gasteiger charge is -2.12. The maximum atomic E-state index is 11.8. The fourth-order valence-electron chi connectivity index (χ4n) is 2.40. The largest absolute Gasteiger partial charge is 0.390 e. The van der Waals surface area contributed by atoms with Crippen LogP contribution in [0.3, 0.4) is 0 Å². The Morgan fingerprint density at radius 3 is 2.33 bits per heavy atom. The highest BCUT2D eigenvalue weighted by atomic mass is 19.4. The van der Waals surface area contributed by atoms with Gasteiger partial charge < -0.3 is 5.32 Å². The van der Waals surface area contributed by atoms with Crippen LogP contribution in [0.5, 0.6) is 0 Å². The molecule has 2 fully saturated rings. The number of amides is 1. The number of fused-ring (bicyclic) bond motifs is 1. The Balaban J connectivity index is 1.65. The van der Waals surface area contributed by atoms with Gasteiger partial charge in [-0.2, -0.15) is 13.2 Å². The Kier molecular flexibility index (Phi) is 2.64. The molecule has 15 heavy (non-hydrogen) atoms.